The maximum atomic E-state index is 9.20. The Kier molecular flexibility index (Phi) is 2.32. The highest BCUT2D eigenvalue weighted by Crippen LogP contribution is 2.17. The summed E-state index contributed by atoms with van der Waals surface area (Å²) in [4.78, 5) is 0. The van der Waals surface area contributed by atoms with E-state index < -0.39 is 0 Å². The highest BCUT2D eigenvalue weighted by Gasteiger charge is 2.03. The van der Waals surface area contributed by atoms with E-state index in [4.69, 9.17) is 5.11 Å². The third kappa shape index (κ3) is 1.54. The predicted octanol–water partition coefficient (Wildman–Crippen LogP) is 0.519. The number of aliphatic hydroxyl groups excluding tert-OH is 1. The monoisotopic (exact) mass is 193 g/mol. The third-order valence-corrected chi connectivity index (χ3v) is 2.03. The van der Waals surface area contributed by atoms with Gasteiger partial charge in [-0.2, -0.15) is 0 Å². The van der Waals surface area contributed by atoms with Crippen LogP contribution in [-0.4, -0.2) is 31.8 Å². The van der Waals surface area contributed by atoms with Crippen molar-refractivity contribution < 1.29 is 10.2 Å². The average Bonchev–Trinajstić information content (AvgIpc) is 2.57. The highest BCUT2D eigenvalue weighted by atomic mass is 16.3. The maximum absolute atomic E-state index is 9.20. The molecule has 1 heterocycles. The first-order valence-electron chi connectivity index (χ1n) is 4.44. The summed E-state index contributed by atoms with van der Waals surface area (Å²) in [6.07, 6.45) is 0.652. The lowest BCUT2D eigenvalue weighted by Crippen LogP contribution is -2.01. The second kappa shape index (κ2) is 3.63. The van der Waals surface area contributed by atoms with E-state index in [-0.39, 0.29) is 12.4 Å². The molecule has 0 aliphatic rings. The minimum Gasteiger partial charge on any atom is -0.508 e. The number of phenols is 1. The first kappa shape index (κ1) is 8.96. The van der Waals surface area contributed by atoms with Crippen molar-refractivity contribution in [3.05, 3.63) is 18.2 Å². The zero-order valence-corrected chi connectivity index (χ0v) is 7.59. The molecule has 14 heavy (non-hydrogen) atoms. The molecule has 0 atom stereocenters. The van der Waals surface area contributed by atoms with Gasteiger partial charge in [-0.1, -0.05) is 5.21 Å². The van der Waals surface area contributed by atoms with E-state index in [0.29, 0.717) is 18.5 Å². The summed E-state index contributed by atoms with van der Waals surface area (Å²) in [5.74, 6) is 0.187. The molecule has 1 aromatic carbocycles. The lowest BCUT2D eigenvalue weighted by molar-refractivity contribution is 0.277. The summed E-state index contributed by atoms with van der Waals surface area (Å²) in [5, 5.41) is 25.7. The zero-order valence-electron chi connectivity index (χ0n) is 7.59. The van der Waals surface area contributed by atoms with Gasteiger partial charge in [-0.3, -0.25) is 0 Å². The molecule has 5 nitrogen and oxygen atoms in total. The summed E-state index contributed by atoms with van der Waals surface area (Å²) in [5.41, 5.74) is 1.54. The van der Waals surface area contributed by atoms with Gasteiger partial charge in [0.05, 0.1) is 5.52 Å². The Morgan fingerprint density at radius 3 is 3.00 bits per heavy atom. The van der Waals surface area contributed by atoms with Crippen LogP contribution < -0.4 is 0 Å². The number of hydrogen-bond acceptors (Lipinski definition) is 4. The Balaban J connectivity index is 2.37. The smallest absolute Gasteiger partial charge is 0.117 e. The standard InChI is InChI=1S/C9H11N3O2/c13-5-1-4-12-9-3-2-7(14)6-8(9)10-11-12/h2-3,6,13-14H,1,4-5H2. The fourth-order valence-electron chi connectivity index (χ4n) is 1.35. The summed E-state index contributed by atoms with van der Waals surface area (Å²) in [6.45, 7) is 0.775. The Morgan fingerprint density at radius 1 is 1.36 bits per heavy atom. The molecule has 0 aliphatic heterocycles. The van der Waals surface area contributed by atoms with Gasteiger partial charge in [0, 0.05) is 19.2 Å². The highest BCUT2D eigenvalue weighted by molar-refractivity contribution is 5.75. The Morgan fingerprint density at radius 2 is 2.21 bits per heavy atom. The zero-order chi connectivity index (χ0) is 9.97. The molecule has 2 rings (SSSR count). The van der Waals surface area contributed by atoms with E-state index in [9.17, 15) is 5.11 Å². The number of aryl methyl sites for hydroxylation is 1. The SMILES string of the molecule is OCCCn1nnc2cc(O)ccc21. The van der Waals surface area contributed by atoms with Crippen LogP contribution in [0, 0.1) is 0 Å². The number of fused-ring (bicyclic) bond motifs is 1. The van der Waals surface area contributed by atoms with Crippen LogP contribution in [0.1, 0.15) is 6.42 Å². The molecular weight excluding hydrogens is 182 g/mol. The quantitative estimate of drug-likeness (QED) is 0.745. The lowest BCUT2D eigenvalue weighted by atomic mass is 10.3. The molecule has 0 radical (unpaired) electrons. The molecule has 5 heteroatoms. The van der Waals surface area contributed by atoms with Crippen molar-refractivity contribution in [3.8, 4) is 5.75 Å². The summed E-state index contributed by atoms with van der Waals surface area (Å²) in [6, 6.07) is 4.93. The van der Waals surface area contributed by atoms with Gasteiger partial charge in [0.2, 0.25) is 0 Å². The van der Waals surface area contributed by atoms with E-state index in [0.717, 1.165) is 5.52 Å². The second-order valence-electron chi connectivity index (χ2n) is 3.06. The van der Waals surface area contributed by atoms with Crippen molar-refractivity contribution in [1.82, 2.24) is 15.0 Å². The molecule has 1 aromatic heterocycles. The van der Waals surface area contributed by atoms with Gasteiger partial charge in [-0.15, -0.1) is 5.10 Å². The molecule has 2 aromatic rings. The van der Waals surface area contributed by atoms with E-state index in [1.165, 1.54) is 0 Å². The van der Waals surface area contributed by atoms with E-state index in [2.05, 4.69) is 10.3 Å². The van der Waals surface area contributed by atoms with Gasteiger partial charge in [-0.05, 0) is 18.6 Å². The van der Waals surface area contributed by atoms with E-state index >= 15 is 0 Å². The van der Waals surface area contributed by atoms with E-state index in [1.807, 2.05) is 0 Å². The van der Waals surface area contributed by atoms with E-state index in [1.54, 1.807) is 22.9 Å². The minimum absolute atomic E-state index is 0.138. The molecular formula is C9H11N3O2. The summed E-state index contributed by atoms with van der Waals surface area (Å²) >= 11 is 0. The average molecular weight is 193 g/mol. The number of nitrogens with zero attached hydrogens (tertiary/aromatic N) is 3. The number of hydrogen-bond donors (Lipinski definition) is 2. The molecule has 0 amide bonds. The molecule has 0 aliphatic carbocycles. The fraction of sp³-hybridized carbons (Fsp3) is 0.333. The minimum atomic E-state index is 0.138. The van der Waals surface area contributed by atoms with Crippen molar-refractivity contribution in [3.63, 3.8) is 0 Å². The second-order valence-corrected chi connectivity index (χ2v) is 3.06. The molecule has 0 fully saturated rings. The topological polar surface area (TPSA) is 71.2 Å². The molecule has 0 bridgehead atoms. The van der Waals surface area contributed by atoms with Gasteiger partial charge in [-0.25, -0.2) is 4.68 Å². The number of benzene rings is 1. The van der Waals surface area contributed by atoms with Crippen LogP contribution in [0.4, 0.5) is 0 Å². The largest absolute Gasteiger partial charge is 0.508 e. The van der Waals surface area contributed by atoms with Crippen LogP contribution in [-0.2, 0) is 6.54 Å². The molecule has 74 valence electrons. The number of phenolic OH excluding ortho intramolecular Hbond substituents is 1. The molecule has 0 saturated heterocycles. The Labute approximate surface area is 80.6 Å². The van der Waals surface area contributed by atoms with Crippen LogP contribution in [0.25, 0.3) is 11.0 Å². The van der Waals surface area contributed by atoms with Crippen molar-refractivity contribution in [2.45, 2.75) is 13.0 Å². The first-order valence-corrected chi connectivity index (χ1v) is 4.44. The first-order chi connectivity index (χ1) is 6.81. The number of aromatic hydroxyl groups is 1. The van der Waals surface area contributed by atoms with Gasteiger partial charge >= 0.3 is 0 Å². The fourth-order valence-corrected chi connectivity index (χ4v) is 1.35. The van der Waals surface area contributed by atoms with Crippen LogP contribution >= 0.6 is 0 Å². The normalized spacial score (nSPS) is 10.9. The lowest BCUT2D eigenvalue weighted by Gasteiger charge is -1.99. The van der Waals surface area contributed by atoms with Crippen molar-refractivity contribution in [1.29, 1.82) is 0 Å². The van der Waals surface area contributed by atoms with Crippen molar-refractivity contribution in [2.75, 3.05) is 6.61 Å². The van der Waals surface area contributed by atoms with Crippen LogP contribution in [0.2, 0.25) is 0 Å². The van der Waals surface area contributed by atoms with Crippen molar-refractivity contribution >= 4 is 11.0 Å². The van der Waals surface area contributed by atoms with Crippen LogP contribution in [0.3, 0.4) is 0 Å². The van der Waals surface area contributed by atoms with Crippen LogP contribution in [0.5, 0.6) is 5.75 Å². The Bertz CT molecular complexity index is 439. The number of rotatable bonds is 3. The Hall–Kier alpha value is -1.62. The predicted molar refractivity (Wildman–Crippen MR) is 50.9 cm³/mol. The molecule has 0 unspecified atom stereocenters. The van der Waals surface area contributed by atoms with Gasteiger partial charge in [0.15, 0.2) is 0 Å². The van der Waals surface area contributed by atoms with Crippen molar-refractivity contribution in [2.24, 2.45) is 0 Å². The van der Waals surface area contributed by atoms with Gasteiger partial charge < -0.3 is 10.2 Å². The van der Waals surface area contributed by atoms with Crippen LogP contribution in [0.15, 0.2) is 18.2 Å². The number of aliphatic hydroxyl groups is 1. The summed E-state index contributed by atoms with van der Waals surface area (Å²) < 4.78 is 1.71. The maximum Gasteiger partial charge on any atom is 0.117 e. The molecule has 0 spiro atoms. The molecule has 0 saturated carbocycles. The van der Waals surface area contributed by atoms with Gasteiger partial charge in [0.25, 0.3) is 0 Å². The third-order valence-electron chi connectivity index (χ3n) is 2.03. The number of aromatic nitrogens is 3. The summed E-state index contributed by atoms with van der Waals surface area (Å²) in [7, 11) is 0. The van der Waals surface area contributed by atoms with Gasteiger partial charge in [0.1, 0.15) is 11.3 Å². The molecule has 2 N–H and O–H groups in total.